The molecule has 7 heteroatoms. The quantitative estimate of drug-likeness (QED) is 0.626. The topological polar surface area (TPSA) is 82.4 Å². The van der Waals surface area contributed by atoms with E-state index in [9.17, 15) is 0 Å². The fourth-order valence-electron chi connectivity index (χ4n) is 2.15. The van der Waals surface area contributed by atoms with Gasteiger partial charge in [0.1, 0.15) is 5.84 Å². The Hall–Kier alpha value is -2.38. The minimum atomic E-state index is -0.134. The van der Waals surface area contributed by atoms with Crippen molar-refractivity contribution >= 4 is 30.1 Å². The molecule has 0 saturated carbocycles. The number of aromatic nitrogens is 2. The summed E-state index contributed by atoms with van der Waals surface area (Å²) in [6.07, 6.45) is 5.33. The zero-order valence-corrected chi connectivity index (χ0v) is 13.2. The minimum Gasteiger partial charge on any atom is -0.395 e. The van der Waals surface area contributed by atoms with Gasteiger partial charge in [-0.1, -0.05) is 30.3 Å². The maximum absolute atomic E-state index is 8.79. The third-order valence-corrected chi connectivity index (χ3v) is 3.50. The number of nitrogens with zero attached hydrogens (tertiary/aromatic N) is 3. The molecule has 0 saturated heterocycles. The van der Waals surface area contributed by atoms with Crippen molar-refractivity contribution in [3.05, 3.63) is 59.9 Å². The Bertz CT molecular complexity index is 715. The summed E-state index contributed by atoms with van der Waals surface area (Å²) >= 11 is 4.50. The average Bonchev–Trinajstić information content (AvgIpc) is 2.60. The van der Waals surface area contributed by atoms with Crippen molar-refractivity contribution in [1.29, 1.82) is 0 Å². The Morgan fingerprint density at radius 1 is 1.13 bits per heavy atom. The number of nitrogens with one attached hydrogen (secondary N) is 2. The molecule has 2 aromatic rings. The predicted octanol–water partition coefficient (Wildman–Crippen LogP) is 1.53. The van der Waals surface area contributed by atoms with Crippen LogP contribution < -0.4 is 10.6 Å². The molecule has 0 spiro atoms. The zero-order valence-electron chi connectivity index (χ0n) is 12.3. The summed E-state index contributed by atoms with van der Waals surface area (Å²) < 4.78 is 0. The number of aliphatic imine (C=N–C) groups is 1. The molecule has 0 radical (unpaired) electrons. The van der Waals surface area contributed by atoms with Gasteiger partial charge < -0.3 is 15.7 Å². The van der Waals surface area contributed by atoms with Crippen LogP contribution >= 0.6 is 12.6 Å². The molecule has 0 bridgehead atoms. The maximum atomic E-state index is 8.79. The van der Waals surface area contributed by atoms with Crippen LogP contribution in [0.5, 0.6) is 0 Å². The van der Waals surface area contributed by atoms with Crippen LogP contribution in [0, 0.1) is 0 Å². The lowest BCUT2D eigenvalue weighted by molar-refractivity contribution is 0.311. The molecule has 6 nitrogen and oxygen atoms in total. The molecule has 0 fully saturated rings. The molecular formula is C16H17N5OS. The first-order valence-electron chi connectivity index (χ1n) is 7.24. The molecule has 0 amide bonds. The molecule has 0 aliphatic carbocycles. The van der Waals surface area contributed by atoms with Gasteiger partial charge in [0.25, 0.3) is 0 Å². The third-order valence-electron chi connectivity index (χ3n) is 3.22. The normalized spacial score (nSPS) is 17.0. The number of hydrogen-bond donors (Lipinski definition) is 4. The number of benzene rings is 1. The van der Waals surface area contributed by atoms with Gasteiger partial charge in [-0.15, -0.1) is 0 Å². The van der Waals surface area contributed by atoms with Crippen LogP contribution in [-0.2, 0) is 0 Å². The fourth-order valence-corrected chi connectivity index (χ4v) is 2.41. The number of anilines is 1. The van der Waals surface area contributed by atoms with E-state index in [2.05, 4.69) is 38.2 Å². The van der Waals surface area contributed by atoms with Gasteiger partial charge in [0.2, 0.25) is 5.95 Å². The molecule has 1 aromatic heterocycles. The number of thiol groups is 1. The van der Waals surface area contributed by atoms with Crippen molar-refractivity contribution in [2.24, 2.45) is 4.99 Å². The van der Waals surface area contributed by atoms with E-state index < -0.39 is 0 Å². The summed E-state index contributed by atoms with van der Waals surface area (Å²) in [7, 11) is 0. The lowest BCUT2D eigenvalue weighted by Gasteiger charge is -2.20. The number of hydrogen-bond acceptors (Lipinski definition) is 7. The first-order chi connectivity index (χ1) is 11.3. The summed E-state index contributed by atoms with van der Waals surface area (Å²) in [5, 5.41) is 14.8. The molecule has 2 heterocycles. The van der Waals surface area contributed by atoms with E-state index in [-0.39, 0.29) is 12.0 Å². The molecule has 3 N–H and O–H groups in total. The highest BCUT2D eigenvalue weighted by molar-refractivity contribution is 7.81. The van der Waals surface area contributed by atoms with Gasteiger partial charge in [-0.25, -0.2) is 15.0 Å². The molecule has 1 aliphatic heterocycles. The predicted molar refractivity (Wildman–Crippen MR) is 94.5 cm³/mol. The monoisotopic (exact) mass is 327 g/mol. The van der Waals surface area contributed by atoms with Gasteiger partial charge in [-0.2, -0.15) is 12.6 Å². The van der Waals surface area contributed by atoms with Crippen molar-refractivity contribution < 1.29 is 5.11 Å². The Kier molecular flexibility index (Phi) is 4.89. The first-order valence-corrected chi connectivity index (χ1v) is 7.75. The van der Waals surface area contributed by atoms with Gasteiger partial charge in [0.05, 0.1) is 23.2 Å². The summed E-state index contributed by atoms with van der Waals surface area (Å²) in [5.41, 5.74) is 2.68. The smallest absolute Gasteiger partial charge is 0.222 e. The van der Waals surface area contributed by atoms with Crippen molar-refractivity contribution in [2.45, 2.75) is 5.37 Å². The number of aliphatic hydroxyl groups is 1. The van der Waals surface area contributed by atoms with Crippen LogP contribution in [0.15, 0.2) is 53.8 Å². The second kappa shape index (κ2) is 7.26. The van der Waals surface area contributed by atoms with Crippen LogP contribution in [0.1, 0.15) is 11.1 Å². The Morgan fingerprint density at radius 2 is 1.87 bits per heavy atom. The van der Waals surface area contributed by atoms with E-state index in [0.29, 0.717) is 18.3 Å². The van der Waals surface area contributed by atoms with E-state index in [4.69, 9.17) is 5.11 Å². The fraction of sp³-hybridized carbons (Fsp3) is 0.188. The average molecular weight is 327 g/mol. The van der Waals surface area contributed by atoms with Gasteiger partial charge in [0, 0.05) is 18.9 Å². The maximum Gasteiger partial charge on any atom is 0.222 e. The van der Waals surface area contributed by atoms with Crippen molar-refractivity contribution in [3.8, 4) is 0 Å². The highest BCUT2D eigenvalue weighted by atomic mass is 32.1. The molecule has 1 unspecified atom stereocenters. The number of rotatable bonds is 5. The van der Waals surface area contributed by atoms with Crippen LogP contribution in [0.2, 0.25) is 0 Å². The minimum absolute atomic E-state index is 0.0337. The van der Waals surface area contributed by atoms with Crippen molar-refractivity contribution in [2.75, 3.05) is 18.5 Å². The number of amidine groups is 1. The molecule has 1 aliphatic rings. The SMILES string of the molecule is OCCNc1ncc(C2=NC(c3ccccc3)=CC(S)N2)cn1. The van der Waals surface area contributed by atoms with Crippen LogP contribution in [0.4, 0.5) is 5.95 Å². The summed E-state index contributed by atoms with van der Waals surface area (Å²) in [6, 6.07) is 9.95. The van der Waals surface area contributed by atoms with E-state index in [1.54, 1.807) is 12.4 Å². The lowest BCUT2D eigenvalue weighted by atomic mass is 10.1. The first kappa shape index (κ1) is 15.5. The Balaban J connectivity index is 1.84. The number of aliphatic hydroxyl groups excluding tert-OH is 1. The zero-order chi connectivity index (χ0) is 16.1. The van der Waals surface area contributed by atoms with E-state index in [1.165, 1.54) is 0 Å². The van der Waals surface area contributed by atoms with Crippen molar-refractivity contribution in [3.63, 3.8) is 0 Å². The Morgan fingerprint density at radius 3 is 2.57 bits per heavy atom. The molecular weight excluding hydrogens is 310 g/mol. The van der Waals surface area contributed by atoms with Gasteiger partial charge in [0.15, 0.2) is 0 Å². The van der Waals surface area contributed by atoms with Crippen molar-refractivity contribution in [1.82, 2.24) is 15.3 Å². The highest BCUT2D eigenvalue weighted by Gasteiger charge is 2.16. The van der Waals surface area contributed by atoms with Crippen LogP contribution in [0.3, 0.4) is 0 Å². The van der Waals surface area contributed by atoms with E-state index in [0.717, 1.165) is 16.8 Å². The molecule has 118 valence electrons. The second-order valence-electron chi connectivity index (χ2n) is 4.91. The third kappa shape index (κ3) is 3.88. The molecule has 23 heavy (non-hydrogen) atoms. The second-order valence-corrected chi connectivity index (χ2v) is 5.47. The summed E-state index contributed by atoms with van der Waals surface area (Å²) in [5.74, 6) is 1.15. The van der Waals surface area contributed by atoms with Crippen LogP contribution in [-0.4, -0.2) is 39.4 Å². The van der Waals surface area contributed by atoms with E-state index >= 15 is 0 Å². The summed E-state index contributed by atoms with van der Waals surface area (Å²) in [4.78, 5) is 13.1. The molecule has 1 aromatic carbocycles. The van der Waals surface area contributed by atoms with Gasteiger partial charge >= 0.3 is 0 Å². The molecule has 1 atom stereocenters. The van der Waals surface area contributed by atoms with Gasteiger partial charge in [-0.05, 0) is 11.6 Å². The van der Waals surface area contributed by atoms with E-state index in [1.807, 2.05) is 36.4 Å². The van der Waals surface area contributed by atoms with Crippen LogP contribution in [0.25, 0.3) is 5.70 Å². The largest absolute Gasteiger partial charge is 0.395 e. The summed E-state index contributed by atoms with van der Waals surface area (Å²) in [6.45, 7) is 0.449. The van der Waals surface area contributed by atoms with Gasteiger partial charge in [-0.3, -0.25) is 0 Å². The lowest BCUT2D eigenvalue weighted by Crippen LogP contribution is -2.33. The Labute approximate surface area is 139 Å². The standard InChI is InChI=1S/C16H17N5OS/c22-7-6-17-16-18-9-12(10-19-16)15-20-13(8-14(23)21-15)11-4-2-1-3-5-11/h1-5,8-10,14,22-23H,6-7H2,(H,20,21)(H,17,18,19). The highest BCUT2D eigenvalue weighted by Crippen LogP contribution is 2.21. The molecule has 3 rings (SSSR count).